The molecule has 4 rings (SSSR count). The minimum absolute atomic E-state index is 0.0631. The summed E-state index contributed by atoms with van der Waals surface area (Å²) in [5.74, 6) is 1.61. The van der Waals surface area contributed by atoms with Crippen LogP contribution in [0.1, 0.15) is 18.4 Å². The molecule has 0 aliphatic carbocycles. The van der Waals surface area contributed by atoms with Crippen LogP contribution in [0.5, 0.6) is 5.75 Å². The van der Waals surface area contributed by atoms with Crippen LogP contribution >= 0.6 is 0 Å². The van der Waals surface area contributed by atoms with Crippen molar-refractivity contribution in [2.24, 2.45) is 5.92 Å². The largest absolute Gasteiger partial charge is 0.497 e. The number of anilines is 2. The average molecular weight is 402 g/mol. The summed E-state index contributed by atoms with van der Waals surface area (Å²) in [6.45, 7) is 3.55. The number of aromatic nitrogens is 2. The van der Waals surface area contributed by atoms with E-state index in [0.717, 1.165) is 53.5 Å². The van der Waals surface area contributed by atoms with Crippen molar-refractivity contribution in [1.82, 2.24) is 10.2 Å². The van der Waals surface area contributed by atoms with Gasteiger partial charge < -0.3 is 15.0 Å². The molecule has 1 atom stereocenters. The Kier molecular flexibility index (Phi) is 5.93. The number of hydrogen-bond donors (Lipinski definition) is 1. The minimum atomic E-state index is -0.0673. The van der Waals surface area contributed by atoms with E-state index in [1.54, 1.807) is 7.11 Å². The van der Waals surface area contributed by atoms with Crippen molar-refractivity contribution in [2.45, 2.75) is 19.8 Å². The van der Waals surface area contributed by atoms with Gasteiger partial charge in [-0.25, -0.2) is 0 Å². The zero-order chi connectivity index (χ0) is 20.9. The van der Waals surface area contributed by atoms with E-state index in [1.807, 2.05) is 67.6 Å². The van der Waals surface area contributed by atoms with E-state index < -0.39 is 0 Å². The third-order valence-corrected chi connectivity index (χ3v) is 5.44. The Morgan fingerprint density at radius 3 is 2.63 bits per heavy atom. The number of nitrogens with zero attached hydrogens (tertiary/aromatic N) is 3. The van der Waals surface area contributed by atoms with Crippen molar-refractivity contribution in [3.05, 3.63) is 66.2 Å². The SMILES string of the molecule is COc1ccc(-c2ccc(N3CCCC(C(=O)Nc4cccc(C)c4)C3)nn2)cc1. The number of piperidine rings is 1. The monoisotopic (exact) mass is 402 g/mol. The van der Waals surface area contributed by atoms with Crippen molar-refractivity contribution < 1.29 is 9.53 Å². The van der Waals surface area contributed by atoms with Crippen LogP contribution in [0.15, 0.2) is 60.7 Å². The average Bonchev–Trinajstić information content (AvgIpc) is 2.79. The van der Waals surface area contributed by atoms with E-state index in [-0.39, 0.29) is 11.8 Å². The first-order valence-corrected chi connectivity index (χ1v) is 10.2. The molecule has 30 heavy (non-hydrogen) atoms. The van der Waals surface area contributed by atoms with Gasteiger partial charge in [-0.15, -0.1) is 10.2 Å². The number of carbonyl (C=O) groups is 1. The third kappa shape index (κ3) is 4.59. The van der Waals surface area contributed by atoms with Crippen molar-refractivity contribution in [2.75, 3.05) is 30.4 Å². The number of carbonyl (C=O) groups excluding carboxylic acids is 1. The first-order valence-electron chi connectivity index (χ1n) is 10.2. The maximum Gasteiger partial charge on any atom is 0.229 e. The van der Waals surface area contributed by atoms with Gasteiger partial charge in [0.05, 0.1) is 18.7 Å². The number of hydrogen-bond acceptors (Lipinski definition) is 5. The third-order valence-electron chi connectivity index (χ3n) is 5.44. The predicted octanol–water partition coefficient (Wildman–Crippen LogP) is 4.32. The fourth-order valence-electron chi connectivity index (χ4n) is 3.78. The second-order valence-electron chi connectivity index (χ2n) is 7.65. The highest BCUT2D eigenvalue weighted by Gasteiger charge is 2.27. The standard InChI is InChI=1S/C24H26N4O2/c1-17-5-3-7-20(15-17)25-24(29)19-6-4-14-28(16-19)23-13-12-22(26-27-23)18-8-10-21(30-2)11-9-18/h3,5,7-13,15,19H,4,6,14,16H2,1-2H3,(H,25,29). The van der Waals surface area contributed by atoms with Gasteiger partial charge in [0, 0.05) is 24.3 Å². The van der Waals surface area contributed by atoms with Crippen LogP contribution in [0.3, 0.4) is 0 Å². The molecule has 3 aromatic rings. The molecule has 0 spiro atoms. The molecule has 1 aromatic heterocycles. The zero-order valence-corrected chi connectivity index (χ0v) is 17.3. The lowest BCUT2D eigenvalue weighted by Crippen LogP contribution is -2.41. The topological polar surface area (TPSA) is 67.3 Å². The van der Waals surface area contributed by atoms with E-state index >= 15 is 0 Å². The number of nitrogens with one attached hydrogen (secondary N) is 1. The highest BCUT2D eigenvalue weighted by Crippen LogP contribution is 2.25. The van der Waals surface area contributed by atoms with Crippen LogP contribution in [0.25, 0.3) is 11.3 Å². The summed E-state index contributed by atoms with van der Waals surface area (Å²) >= 11 is 0. The van der Waals surface area contributed by atoms with Gasteiger partial charge in [0.15, 0.2) is 5.82 Å². The molecule has 0 bridgehead atoms. The minimum Gasteiger partial charge on any atom is -0.497 e. The summed E-state index contributed by atoms with van der Waals surface area (Å²) in [5.41, 5.74) is 3.78. The van der Waals surface area contributed by atoms with Gasteiger partial charge in [-0.3, -0.25) is 4.79 Å². The van der Waals surface area contributed by atoms with Crippen LogP contribution < -0.4 is 15.0 Å². The Bertz CT molecular complexity index is 1000. The molecule has 0 saturated carbocycles. The zero-order valence-electron chi connectivity index (χ0n) is 17.3. The van der Waals surface area contributed by atoms with Crippen LogP contribution in [-0.2, 0) is 4.79 Å². The lowest BCUT2D eigenvalue weighted by Gasteiger charge is -2.32. The Balaban J connectivity index is 1.41. The van der Waals surface area contributed by atoms with Gasteiger partial charge in [0.25, 0.3) is 0 Å². The molecule has 2 aromatic carbocycles. The molecule has 1 aliphatic heterocycles. The number of methoxy groups -OCH3 is 1. The molecule has 0 radical (unpaired) electrons. The Morgan fingerprint density at radius 1 is 1.10 bits per heavy atom. The summed E-state index contributed by atoms with van der Waals surface area (Å²) in [4.78, 5) is 14.9. The highest BCUT2D eigenvalue weighted by molar-refractivity contribution is 5.93. The van der Waals surface area contributed by atoms with E-state index in [2.05, 4.69) is 20.4 Å². The quantitative estimate of drug-likeness (QED) is 0.689. The number of aryl methyl sites for hydroxylation is 1. The predicted molar refractivity (Wildman–Crippen MR) is 119 cm³/mol. The molecule has 1 unspecified atom stereocenters. The van der Waals surface area contributed by atoms with Crippen molar-refractivity contribution in [3.63, 3.8) is 0 Å². The maximum absolute atomic E-state index is 12.8. The molecule has 154 valence electrons. The smallest absolute Gasteiger partial charge is 0.229 e. The number of rotatable bonds is 5. The summed E-state index contributed by atoms with van der Waals surface area (Å²) in [6.07, 6.45) is 1.83. The van der Waals surface area contributed by atoms with Gasteiger partial charge >= 0.3 is 0 Å². The second kappa shape index (κ2) is 8.95. The van der Waals surface area contributed by atoms with Gasteiger partial charge in [-0.05, 0) is 73.9 Å². The first kappa shape index (κ1) is 19.9. The molecule has 6 nitrogen and oxygen atoms in total. The molecule has 6 heteroatoms. The fourth-order valence-corrected chi connectivity index (χ4v) is 3.78. The van der Waals surface area contributed by atoms with Crippen LogP contribution in [0, 0.1) is 12.8 Å². The van der Waals surface area contributed by atoms with Gasteiger partial charge in [-0.1, -0.05) is 12.1 Å². The first-order chi connectivity index (χ1) is 14.6. The van der Waals surface area contributed by atoms with E-state index in [4.69, 9.17) is 4.74 Å². The molecule has 1 fully saturated rings. The van der Waals surface area contributed by atoms with Crippen molar-refractivity contribution in [3.8, 4) is 17.0 Å². The number of ether oxygens (including phenoxy) is 1. The molecule has 1 amide bonds. The lowest BCUT2D eigenvalue weighted by molar-refractivity contribution is -0.120. The maximum atomic E-state index is 12.8. The van der Waals surface area contributed by atoms with Crippen LogP contribution in [0.2, 0.25) is 0 Å². The lowest BCUT2D eigenvalue weighted by atomic mass is 9.97. The molecular formula is C24H26N4O2. The van der Waals surface area contributed by atoms with Gasteiger partial charge in [0.2, 0.25) is 5.91 Å². The summed E-state index contributed by atoms with van der Waals surface area (Å²) in [7, 11) is 1.65. The summed E-state index contributed by atoms with van der Waals surface area (Å²) in [5, 5.41) is 11.9. The highest BCUT2D eigenvalue weighted by atomic mass is 16.5. The van der Waals surface area contributed by atoms with Crippen molar-refractivity contribution >= 4 is 17.4 Å². The normalized spacial score (nSPS) is 16.2. The Labute approximate surface area is 176 Å². The molecular weight excluding hydrogens is 376 g/mol. The number of amides is 1. The number of benzene rings is 2. The van der Waals surface area contributed by atoms with Crippen molar-refractivity contribution in [1.29, 1.82) is 0 Å². The Morgan fingerprint density at radius 2 is 1.93 bits per heavy atom. The molecule has 1 N–H and O–H groups in total. The molecule has 1 aliphatic rings. The summed E-state index contributed by atoms with van der Waals surface area (Å²) in [6, 6.07) is 19.6. The van der Waals surface area contributed by atoms with Crippen LogP contribution in [-0.4, -0.2) is 36.3 Å². The molecule has 1 saturated heterocycles. The Hall–Kier alpha value is -3.41. The van der Waals surface area contributed by atoms with E-state index in [9.17, 15) is 4.79 Å². The van der Waals surface area contributed by atoms with Gasteiger partial charge in [-0.2, -0.15) is 0 Å². The van der Waals surface area contributed by atoms with E-state index in [1.165, 1.54) is 0 Å². The van der Waals surface area contributed by atoms with Gasteiger partial charge in [0.1, 0.15) is 5.75 Å². The molecule has 2 heterocycles. The summed E-state index contributed by atoms with van der Waals surface area (Å²) < 4.78 is 5.20. The van der Waals surface area contributed by atoms with E-state index in [0.29, 0.717) is 6.54 Å². The second-order valence-corrected chi connectivity index (χ2v) is 7.65. The van der Waals surface area contributed by atoms with Crippen LogP contribution in [0.4, 0.5) is 11.5 Å². The fraction of sp³-hybridized carbons (Fsp3) is 0.292.